The monoisotopic (exact) mass is 210 g/mol. The molecule has 1 saturated carbocycles. The zero-order valence-corrected chi connectivity index (χ0v) is 8.67. The average Bonchev–Trinajstić information content (AvgIpc) is 2.02. The molecule has 4 heteroatoms. The van der Waals surface area contributed by atoms with Crippen molar-refractivity contribution in [1.82, 2.24) is 5.32 Å². The van der Waals surface area contributed by atoms with Gasteiger partial charge in [-0.25, -0.2) is 0 Å². The standard InChI is InChI=1S/C8H16Cl2N2/c9-8(10)4-2-1-3-7(8)12-6-5-11/h7,12H,1-6,11H2. The van der Waals surface area contributed by atoms with E-state index in [2.05, 4.69) is 5.32 Å². The molecule has 1 atom stereocenters. The molecule has 12 heavy (non-hydrogen) atoms. The van der Waals surface area contributed by atoms with Gasteiger partial charge in [0.05, 0.1) is 0 Å². The van der Waals surface area contributed by atoms with E-state index >= 15 is 0 Å². The van der Waals surface area contributed by atoms with Crippen molar-refractivity contribution < 1.29 is 0 Å². The molecule has 1 unspecified atom stereocenters. The van der Waals surface area contributed by atoms with Gasteiger partial charge in [-0.05, 0) is 12.8 Å². The van der Waals surface area contributed by atoms with E-state index in [0.717, 1.165) is 25.8 Å². The van der Waals surface area contributed by atoms with Crippen LogP contribution >= 0.6 is 23.2 Å². The number of nitrogens with one attached hydrogen (secondary N) is 1. The molecule has 0 heterocycles. The quantitative estimate of drug-likeness (QED) is 0.696. The summed E-state index contributed by atoms with van der Waals surface area (Å²) in [5.74, 6) is 0. The third kappa shape index (κ3) is 2.77. The second-order valence-corrected chi connectivity index (χ2v) is 4.84. The predicted octanol–water partition coefficient (Wildman–Crippen LogP) is 1.65. The highest BCUT2D eigenvalue weighted by Crippen LogP contribution is 2.37. The third-order valence-electron chi connectivity index (χ3n) is 2.30. The molecule has 0 aromatic rings. The van der Waals surface area contributed by atoms with Crippen molar-refractivity contribution in [2.24, 2.45) is 5.73 Å². The Hall–Kier alpha value is 0.500. The minimum Gasteiger partial charge on any atom is -0.329 e. The van der Waals surface area contributed by atoms with E-state index < -0.39 is 4.33 Å². The molecule has 72 valence electrons. The normalized spacial score (nSPS) is 28.8. The Bertz CT molecular complexity index is 139. The largest absolute Gasteiger partial charge is 0.329 e. The van der Waals surface area contributed by atoms with Crippen molar-refractivity contribution >= 4 is 23.2 Å². The third-order valence-corrected chi connectivity index (χ3v) is 3.20. The molecule has 0 radical (unpaired) electrons. The van der Waals surface area contributed by atoms with Crippen molar-refractivity contribution in [2.45, 2.75) is 36.1 Å². The number of hydrogen-bond acceptors (Lipinski definition) is 2. The van der Waals surface area contributed by atoms with E-state index in [0.29, 0.717) is 6.54 Å². The van der Waals surface area contributed by atoms with E-state index in [4.69, 9.17) is 28.9 Å². The second kappa shape index (κ2) is 4.66. The van der Waals surface area contributed by atoms with Gasteiger partial charge in [-0.3, -0.25) is 0 Å². The molecule has 0 amide bonds. The lowest BCUT2D eigenvalue weighted by molar-refractivity contribution is 0.357. The van der Waals surface area contributed by atoms with Crippen molar-refractivity contribution in [3.8, 4) is 0 Å². The molecule has 0 bridgehead atoms. The van der Waals surface area contributed by atoms with E-state index in [-0.39, 0.29) is 6.04 Å². The zero-order valence-electron chi connectivity index (χ0n) is 7.15. The first kappa shape index (κ1) is 10.6. The molecule has 1 aliphatic rings. The number of rotatable bonds is 3. The van der Waals surface area contributed by atoms with E-state index in [9.17, 15) is 0 Å². The molecule has 1 rings (SSSR count). The van der Waals surface area contributed by atoms with E-state index in [1.807, 2.05) is 0 Å². The maximum absolute atomic E-state index is 6.14. The first-order valence-corrected chi connectivity index (χ1v) is 5.23. The van der Waals surface area contributed by atoms with Gasteiger partial charge in [0.25, 0.3) is 0 Å². The maximum Gasteiger partial charge on any atom is 0.133 e. The van der Waals surface area contributed by atoms with Crippen molar-refractivity contribution in [1.29, 1.82) is 0 Å². The smallest absolute Gasteiger partial charge is 0.133 e. The highest BCUT2D eigenvalue weighted by Gasteiger charge is 2.36. The second-order valence-electron chi connectivity index (χ2n) is 3.30. The Labute approximate surface area is 83.8 Å². The van der Waals surface area contributed by atoms with Crippen LogP contribution in [0.1, 0.15) is 25.7 Å². The molecular formula is C8H16Cl2N2. The summed E-state index contributed by atoms with van der Waals surface area (Å²) in [5, 5.41) is 3.27. The van der Waals surface area contributed by atoms with Crippen molar-refractivity contribution in [2.75, 3.05) is 13.1 Å². The summed E-state index contributed by atoms with van der Waals surface area (Å²) in [6.45, 7) is 1.44. The Morgan fingerprint density at radius 3 is 2.75 bits per heavy atom. The molecule has 0 aromatic carbocycles. The number of alkyl halides is 2. The van der Waals surface area contributed by atoms with Gasteiger partial charge in [0.1, 0.15) is 4.33 Å². The van der Waals surface area contributed by atoms with Crippen LogP contribution in [0.15, 0.2) is 0 Å². The Morgan fingerprint density at radius 1 is 1.42 bits per heavy atom. The summed E-state index contributed by atoms with van der Waals surface area (Å²) in [7, 11) is 0. The van der Waals surface area contributed by atoms with Crippen LogP contribution < -0.4 is 11.1 Å². The molecule has 1 fully saturated rings. The van der Waals surface area contributed by atoms with Gasteiger partial charge in [0.15, 0.2) is 0 Å². The van der Waals surface area contributed by atoms with Gasteiger partial charge in [-0.1, -0.05) is 36.0 Å². The van der Waals surface area contributed by atoms with Crippen LogP contribution in [-0.4, -0.2) is 23.5 Å². The first-order valence-electron chi connectivity index (χ1n) is 4.48. The Kier molecular flexibility index (Phi) is 4.11. The lowest BCUT2D eigenvalue weighted by atomic mass is 9.94. The van der Waals surface area contributed by atoms with Gasteiger partial charge in [0.2, 0.25) is 0 Å². The highest BCUT2D eigenvalue weighted by atomic mass is 35.5. The van der Waals surface area contributed by atoms with Gasteiger partial charge in [0, 0.05) is 19.1 Å². The van der Waals surface area contributed by atoms with E-state index in [1.54, 1.807) is 0 Å². The summed E-state index contributed by atoms with van der Waals surface area (Å²) in [4.78, 5) is 0. The van der Waals surface area contributed by atoms with Crippen molar-refractivity contribution in [3.05, 3.63) is 0 Å². The first-order chi connectivity index (χ1) is 5.67. The topological polar surface area (TPSA) is 38.0 Å². The van der Waals surface area contributed by atoms with Crippen LogP contribution in [0.25, 0.3) is 0 Å². The Morgan fingerprint density at radius 2 is 2.17 bits per heavy atom. The van der Waals surface area contributed by atoms with Crippen LogP contribution in [0.3, 0.4) is 0 Å². The number of hydrogen-bond donors (Lipinski definition) is 2. The fourth-order valence-electron chi connectivity index (χ4n) is 1.60. The van der Waals surface area contributed by atoms with Gasteiger partial charge in [-0.2, -0.15) is 0 Å². The summed E-state index contributed by atoms with van der Waals surface area (Å²) in [6, 6.07) is 0.220. The molecule has 3 N–H and O–H groups in total. The summed E-state index contributed by atoms with van der Waals surface area (Å²) in [6.07, 6.45) is 4.29. The van der Waals surface area contributed by atoms with Crippen molar-refractivity contribution in [3.63, 3.8) is 0 Å². The molecule has 0 aromatic heterocycles. The number of nitrogens with two attached hydrogens (primary N) is 1. The van der Waals surface area contributed by atoms with Gasteiger partial charge < -0.3 is 11.1 Å². The van der Waals surface area contributed by atoms with Crippen LogP contribution in [0.2, 0.25) is 0 Å². The van der Waals surface area contributed by atoms with Crippen LogP contribution in [-0.2, 0) is 0 Å². The SMILES string of the molecule is NCCNC1CCCCC1(Cl)Cl. The van der Waals surface area contributed by atoms with Crippen LogP contribution in [0.5, 0.6) is 0 Å². The zero-order chi connectivity index (χ0) is 9.03. The predicted molar refractivity (Wildman–Crippen MR) is 53.8 cm³/mol. The average molecular weight is 211 g/mol. The molecule has 0 spiro atoms. The van der Waals surface area contributed by atoms with Crippen LogP contribution in [0, 0.1) is 0 Å². The lowest BCUT2D eigenvalue weighted by Gasteiger charge is -2.34. The fraction of sp³-hybridized carbons (Fsp3) is 1.00. The maximum atomic E-state index is 6.14. The molecule has 0 saturated heterocycles. The molecular weight excluding hydrogens is 195 g/mol. The molecule has 1 aliphatic carbocycles. The summed E-state index contributed by atoms with van der Waals surface area (Å²) < 4.78 is -0.576. The molecule has 2 nitrogen and oxygen atoms in total. The summed E-state index contributed by atoms with van der Waals surface area (Å²) >= 11 is 12.3. The number of halogens is 2. The minimum atomic E-state index is -0.576. The van der Waals surface area contributed by atoms with E-state index in [1.165, 1.54) is 6.42 Å². The Balaban J connectivity index is 2.37. The summed E-state index contributed by atoms with van der Waals surface area (Å²) in [5.41, 5.74) is 5.39. The minimum absolute atomic E-state index is 0.220. The van der Waals surface area contributed by atoms with Gasteiger partial charge >= 0.3 is 0 Å². The molecule has 0 aliphatic heterocycles. The van der Waals surface area contributed by atoms with Crippen LogP contribution in [0.4, 0.5) is 0 Å². The fourth-order valence-corrected chi connectivity index (χ4v) is 2.24. The lowest BCUT2D eigenvalue weighted by Crippen LogP contribution is -2.47. The highest BCUT2D eigenvalue weighted by molar-refractivity contribution is 6.49. The van der Waals surface area contributed by atoms with Gasteiger partial charge in [-0.15, -0.1) is 0 Å².